The lowest BCUT2D eigenvalue weighted by Crippen LogP contribution is -2.01. The van der Waals surface area contributed by atoms with E-state index < -0.39 is 0 Å². The van der Waals surface area contributed by atoms with Gasteiger partial charge in [0.2, 0.25) is 0 Å². The molecule has 1 aromatic heterocycles. The molecule has 3 nitrogen and oxygen atoms in total. The van der Waals surface area contributed by atoms with Crippen molar-refractivity contribution in [1.29, 1.82) is 0 Å². The molecular formula is C14H13N3. The minimum atomic E-state index is 0.766. The highest BCUT2D eigenvalue weighted by Gasteiger charge is 2.03. The summed E-state index contributed by atoms with van der Waals surface area (Å²) in [5, 5.41) is 8.34. The number of rotatable bonds is 2. The van der Waals surface area contributed by atoms with Gasteiger partial charge in [-0.2, -0.15) is 0 Å². The number of nitrogens with zero attached hydrogens (tertiary/aromatic N) is 3. The summed E-state index contributed by atoms with van der Waals surface area (Å²) in [6.07, 6.45) is 0. The number of benzene rings is 2. The third kappa shape index (κ3) is 1.91. The van der Waals surface area contributed by atoms with Gasteiger partial charge >= 0.3 is 0 Å². The number of fused-ring (bicyclic) bond motifs is 1. The Hall–Kier alpha value is -2.16. The topological polar surface area (TPSA) is 30.7 Å². The van der Waals surface area contributed by atoms with Crippen molar-refractivity contribution >= 4 is 11.0 Å². The molecule has 3 heteroatoms. The minimum absolute atomic E-state index is 0.766. The van der Waals surface area contributed by atoms with Crippen molar-refractivity contribution in [3.8, 4) is 0 Å². The summed E-state index contributed by atoms with van der Waals surface area (Å²) in [6, 6.07) is 16.5. The van der Waals surface area contributed by atoms with Crippen molar-refractivity contribution in [2.45, 2.75) is 13.5 Å². The molecule has 0 saturated heterocycles. The van der Waals surface area contributed by atoms with Crippen LogP contribution in [0, 0.1) is 6.92 Å². The average molecular weight is 223 g/mol. The summed E-state index contributed by atoms with van der Waals surface area (Å²) in [4.78, 5) is 0. The number of aryl methyl sites for hydroxylation is 1. The molecule has 0 aliphatic rings. The molecule has 3 aromatic rings. The van der Waals surface area contributed by atoms with E-state index >= 15 is 0 Å². The molecule has 0 atom stereocenters. The Bertz CT molecular complexity index is 655. The second-order valence-electron chi connectivity index (χ2n) is 4.22. The van der Waals surface area contributed by atoms with Crippen molar-refractivity contribution in [2.75, 3.05) is 0 Å². The van der Waals surface area contributed by atoms with Crippen LogP contribution in [0.2, 0.25) is 0 Å². The molecular weight excluding hydrogens is 210 g/mol. The SMILES string of the molecule is Cc1cccc(Cn2nnc3ccccc32)c1. The molecule has 0 saturated carbocycles. The van der Waals surface area contributed by atoms with Crippen LogP contribution >= 0.6 is 0 Å². The molecule has 0 radical (unpaired) electrons. The third-order valence-corrected chi connectivity index (χ3v) is 2.84. The predicted octanol–water partition coefficient (Wildman–Crippen LogP) is 2.79. The molecule has 0 spiro atoms. The van der Waals surface area contributed by atoms with E-state index in [1.807, 2.05) is 28.9 Å². The Labute approximate surface area is 99.7 Å². The molecule has 0 N–H and O–H groups in total. The van der Waals surface area contributed by atoms with Crippen LogP contribution in [0.15, 0.2) is 48.5 Å². The lowest BCUT2D eigenvalue weighted by molar-refractivity contribution is 0.669. The zero-order chi connectivity index (χ0) is 11.7. The molecule has 0 aliphatic carbocycles. The van der Waals surface area contributed by atoms with Crippen LogP contribution in [0.5, 0.6) is 0 Å². The average Bonchev–Trinajstić information content (AvgIpc) is 2.73. The van der Waals surface area contributed by atoms with Crippen molar-refractivity contribution < 1.29 is 0 Å². The number of hydrogen-bond acceptors (Lipinski definition) is 2. The molecule has 0 aliphatic heterocycles. The van der Waals surface area contributed by atoms with Gasteiger partial charge in [-0.05, 0) is 24.6 Å². The summed E-state index contributed by atoms with van der Waals surface area (Å²) in [5.41, 5.74) is 4.54. The lowest BCUT2D eigenvalue weighted by atomic mass is 10.1. The Morgan fingerprint density at radius 3 is 2.82 bits per heavy atom. The third-order valence-electron chi connectivity index (χ3n) is 2.84. The first kappa shape index (κ1) is 10.0. The largest absolute Gasteiger partial charge is 0.240 e. The maximum atomic E-state index is 4.19. The van der Waals surface area contributed by atoms with E-state index in [0.717, 1.165) is 17.6 Å². The van der Waals surface area contributed by atoms with Gasteiger partial charge in [-0.25, -0.2) is 4.68 Å². The van der Waals surface area contributed by atoms with Crippen LogP contribution < -0.4 is 0 Å². The van der Waals surface area contributed by atoms with Gasteiger partial charge in [0.05, 0.1) is 12.1 Å². The van der Waals surface area contributed by atoms with Gasteiger partial charge in [0.1, 0.15) is 5.52 Å². The van der Waals surface area contributed by atoms with Gasteiger partial charge in [0, 0.05) is 0 Å². The van der Waals surface area contributed by atoms with Gasteiger partial charge in [0.15, 0.2) is 0 Å². The highest BCUT2D eigenvalue weighted by atomic mass is 15.4. The quantitative estimate of drug-likeness (QED) is 0.668. The van der Waals surface area contributed by atoms with Crippen LogP contribution in [-0.2, 0) is 6.54 Å². The first-order chi connectivity index (χ1) is 8.33. The number of para-hydroxylation sites is 1. The van der Waals surface area contributed by atoms with Crippen LogP contribution in [0.1, 0.15) is 11.1 Å². The van der Waals surface area contributed by atoms with Crippen molar-refractivity contribution in [3.05, 3.63) is 59.7 Å². The van der Waals surface area contributed by atoms with Crippen molar-refractivity contribution in [2.24, 2.45) is 0 Å². The molecule has 0 fully saturated rings. The zero-order valence-electron chi connectivity index (χ0n) is 9.67. The van der Waals surface area contributed by atoms with E-state index in [0.29, 0.717) is 0 Å². The summed E-state index contributed by atoms with van der Waals surface area (Å²) in [5.74, 6) is 0. The van der Waals surface area contributed by atoms with Crippen molar-refractivity contribution in [1.82, 2.24) is 15.0 Å². The molecule has 17 heavy (non-hydrogen) atoms. The lowest BCUT2D eigenvalue weighted by Gasteiger charge is -2.03. The zero-order valence-corrected chi connectivity index (χ0v) is 9.67. The van der Waals surface area contributed by atoms with E-state index in [2.05, 4.69) is 41.5 Å². The van der Waals surface area contributed by atoms with Crippen molar-refractivity contribution in [3.63, 3.8) is 0 Å². The Balaban J connectivity index is 2.00. The number of hydrogen-bond donors (Lipinski definition) is 0. The van der Waals surface area contributed by atoms with E-state index in [-0.39, 0.29) is 0 Å². The van der Waals surface area contributed by atoms with Crippen LogP contribution in [0.4, 0.5) is 0 Å². The Kier molecular flexibility index (Phi) is 2.37. The standard InChI is InChI=1S/C14H13N3/c1-11-5-4-6-12(9-11)10-17-14-8-3-2-7-13(14)15-16-17/h2-9H,10H2,1H3. The second-order valence-corrected chi connectivity index (χ2v) is 4.22. The van der Waals surface area contributed by atoms with Gasteiger partial charge in [-0.1, -0.05) is 47.2 Å². The summed E-state index contributed by atoms with van der Waals surface area (Å²) < 4.78 is 1.93. The highest BCUT2D eigenvalue weighted by Crippen LogP contribution is 2.12. The Morgan fingerprint density at radius 2 is 1.94 bits per heavy atom. The molecule has 0 bridgehead atoms. The molecule has 0 unspecified atom stereocenters. The van der Waals surface area contributed by atoms with Gasteiger partial charge < -0.3 is 0 Å². The molecule has 0 amide bonds. The monoisotopic (exact) mass is 223 g/mol. The van der Waals surface area contributed by atoms with E-state index in [1.165, 1.54) is 11.1 Å². The Morgan fingerprint density at radius 1 is 1.06 bits per heavy atom. The summed E-state index contributed by atoms with van der Waals surface area (Å²) in [6.45, 7) is 2.87. The predicted molar refractivity (Wildman–Crippen MR) is 67.8 cm³/mol. The first-order valence-electron chi connectivity index (χ1n) is 5.67. The highest BCUT2D eigenvalue weighted by molar-refractivity contribution is 5.73. The normalized spacial score (nSPS) is 10.9. The van der Waals surface area contributed by atoms with Crippen LogP contribution in [0.3, 0.4) is 0 Å². The minimum Gasteiger partial charge on any atom is -0.240 e. The summed E-state index contributed by atoms with van der Waals surface area (Å²) >= 11 is 0. The maximum absolute atomic E-state index is 4.19. The molecule has 2 aromatic carbocycles. The van der Waals surface area contributed by atoms with E-state index in [1.54, 1.807) is 0 Å². The molecule has 1 heterocycles. The molecule has 3 rings (SSSR count). The fraction of sp³-hybridized carbons (Fsp3) is 0.143. The van der Waals surface area contributed by atoms with Crippen LogP contribution in [-0.4, -0.2) is 15.0 Å². The first-order valence-corrected chi connectivity index (χ1v) is 5.67. The fourth-order valence-electron chi connectivity index (χ4n) is 2.02. The number of aromatic nitrogens is 3. The van der Waals surface area contributed by atoms with Gasteiger partial charge in [-0.15, -0.1) is 5.10 Å². The van der Waals surface area contributed by atoms with E-state index in [4.69, 9.17) is 0 Å². The smallest absolute Gasteiger partial charge is 0.113 e. The molecule has 84 valence electrons. The fourth-order valence-corrected chi connectivity index (χ4v) is 2.02. The second kappa shape index (κ2) is 4.01. The summed E-state index contributed by atoms with van der Waals surface area (Å²) in [7, 11) is 0. The van der Waals surface area contributed by atoms with E-state index in [9.17, 15) is 0 Å². The van der Waals surface area contributed by atoms with Crippen LogP contribution in [0.25, 0.3) is 11.0 Å². The van der Waals surface area contributed by atoms with Gasteiger partial charge in [0.25, 0.3) is 0 Å². The van der Waals surface area contributed by atoms with Gasteiger partial charge in [-0.3, -0.25) is 0 Å². The maximum Gasteiger partial charge on any atom is 0.113 e.